The number of carbonyl (C=O) groups excluding carboxylic acids is 1. The van der Waals surface area contributed by atoms with E-state index in [1.807, 2.05) is 0 Å². The quantitative estimate of drug-likeness (QED) is 0.657. The van der Waals surface area contributed by atoms with Crippen LogP contribution in [0.2, 0.25) is 0 Å². The van der Waals surface area contributed by atoms with Crippen molar-refractivity contribution < 1.29 is 32.3 Å². The van der Waals surface area contributed by atoms with Gasteiger partial charge in [0.2, 0.25) is 10.0 Å². The molecule has 0 bridgehead atoms. The molecule has 2 rings (SSSR count). The van der Waals surface area contributed by atoms with Crippen LogP contribution in [0.1, 0.15) is 44.7 Å². The summed E-state index contributed by atoms with van der Waals surface area (Å²) in [4.78, 5) is 22.7. The van der Waals surface area contributed by atoms with Gasteiger partial charge < -0.3 is 14.3 Å². The maximum atomic E-state index is 12.5. The number of sulfonamides is 1. The number of hydrogen-bond acceptors (Lipinski definition) is 6. The molecule has 1 heterocycles. The van der Waals surface area contributed by atoms with Gasteiger partial charge >= 0.3 is 11.9 Å². The van der Waals surface area contributed by atoms with Gasteiger partial charge in [-0.15, -0.1) is 0 Å². The lowest BCUT2D eigenvalue weighted by Crippen LogP contribution is -2.27. The predicted octanol–water partition coefficient (Wildman–Crippen LogP) is 2.29. The molecule has 0 saturated carbocycles. The van der Waals surface area contributed by atoms with Crippen LogP contribution < -0.4 is 4.72 Å². The normalized spacial score (nSPS) is 11.4. The highest BCUT2D eigenvalue weighted by Crippen LogP contribution is 2.26. The standard InChI is InChI=1S/C18H21NO7S/c1-4-25-18(22)14-7-5-6-13(10-14)8-9-19-27(23,24)16-12(3)26-11(2)15(16)17(20)21/h5-7,10,19H,4,8-9H2,1-3H3,(H,20,21). The number of rotatable bonds is 8. The van der Waals surface area contributed by atoms with E-state index in [2.05, 4.69) is 4.72 Å². The van der Waals surface area contributed by atoms with Crippen LogP contribution >= 0.6 is 0 Å². The summed E-state index contributed by atoms with van der Waals surface area (Å²) in [6, 6.07) is 6.68. The van der Waals surface area contributed by atoms with Gasteiger partial charge in [0.05, 0.1) is 12.2 Å². The van der Waals surface area contributed by atoms with Crippen molar-refractivity contribution in [1.29, 1.82) is 0 Å². The summed E-state index contributed by atoms with van der Waals surface area (Å²) in [6.45, 7) is 4.80. The van der Waals surface area contributed by atoms with E-state index < -0.39 is 22.0 Å². The van der Waals surface area contributed by atoms with Crippen molar-refractivity contribution in [3.8, 4) is 0 Å². The summed E-state index contributed by atoms with van der Waals surface area (Å²) < 4.78 is 37.6. The molecule has 0 amide bonds. The Morgan fingerprint density at radius 1 is 1.22 bits per heavy atom. The summed E-state index contributed by atoms with van der Waals surface area (Å²) in [5.41, 5.74) is 0.748. The minimum Gasteiger partial charge on any atom is -0.478 e. The largest absolute Gasteiger partial charge is 0.478 e. The average molecular weight is 395 g/mol. The van der Waals surface area contributed by atoms with E-state index in [0.717, 1.165) is 5.56 Å². The summed E-state index contributed by atoms with van der Waals surface area (Å²) in [7, 11) is -4.07. The monoisotopic (exact) mass is 395 g/mol. The highest BCUT2D eigenvalue weighted by atomic mass is 32.2. The molecule has 2 N–H and O–H groups in total. The summed E-state index contributed by atoms with van der Waals surface area (Å²) in [6.07, 6.45) is 0.310. The molecule has 1 aromatic carbocycles. The minimum atomic E-state index is -4.07. The number of aromatic carboxylic acids is 1. The first-order valence-electron chi connectivity index (χ1n) is 8.26. The molecule has 0 atom stereocenters. The highest BCUT2D eigenvalue weighted by Gasteiger charge is 2.30. The first-order chi connectivity index (χ1) is 12.7. The van der Waals surface area contributed by atoms with Crippen molar-refractivity contribution in [2.45, 2.75) is 32.1 Å². The number of furan rings is 1. The number of aryl methyl sites for hydroxylation is 2. The first kappa shape index (κ1) is 20.7. The molecule has 0 spiro atoms. The van der Waals surface area contributed by atoms with Crippen LogP contribution in [0.4, 0.5) is 0 Å². The third-order valence-electron chi connectivity index (χ3n) is 3.83. The molecule has 9 heteroatoms. The van der Waals surface area contributed by atoms with Gasteiger partial charge in [0.1, 0.15) is 22.0 Å². The van der Waals surface area contributed by atoms with Crippen LogP contribution in [0, 0.1) is 13.8 Å². The number of carbonyl (C=O) groups is 2. The van der Waals surface area contributed by atoms with Crippen molar-refractivity contribution in [3.63, 3.8) is 0 Å². The third kappa shape index (κ3) is 4.75. The molecule has 0 saturated heterocycles. The third-order valence-corrected chi connectivity index (χ3v) is 5.44. The van der Waals surface area contributed by atoms with Crippen molar-refractivity contribution in [2.24, 2.45) is 0 Å². The zero-order valence-corrected chi connectivity index (χ0v) is 16.1. The molecule has 146 valence electrons. The number of carboxylic acids is 1. The lowest BCUT2D eigenvalue weighted by Gasteiger charge is -2.08. The molecule has 0 aliphatic carbocycles. The maximum Gasteiger partial charge on any atom is 0.340 e. The fraction of sp³-hybridized carbons (Fsp3) is 0.333. The van der Waals surface area contributed by atoms with Gasteiger partial charge in [-0.05, 0) is 44.9 Å². The molecule has 0 aliphatic rings. The van der Waals surface area contributed by atoms with Crippen LogP contribution in [-0.4, -0.2) is 38.6 Å². The Morgan fingerprint density at radius 3 is 2.56 bits per heavy atom. The molecular weight excluding hydrogens is 374 g/mol. The van der Waals surface area contributed by atoms with E-state index in [1.54, 1.807) is 31.2 Å². The molecule has 1 aromatic heterocycles. The zero-order valence-electron chi connectivity index (χ0n) is 15.2. The Kier molecular flexibility index (Phi) is 6.40. The molecular formula is C18H21NO7S. The topological polar surface area (TPSA) is 123 Å². The van der Waals surface area contributed by atoms with Gasteiger partial charge in [0, 0.05) is 6.54 Å². The smallest absolute Gasteiger partial charge is 0.340 e. The fourth-order valence-electron chi connectivity index (χ4n) is 2.70. The highest BCUT2D eigenvalue weighted by molar-refractivity contribution is 7.89. The summed E-state index contributed by atoms with van der Waals surface area (Å²) >= 11 is 0. The van der Waals surface area contributed by atoms with Crippen LogP contribution in [-0.2, 0) is 21.2 Å². The molecule has 0 aliphatic heterocycles. The van der Waals surface area contributed by atoms with Crippen LogP contribution in [0.15, 0.2) is 33.6 Å². The molecule has 0 radical (unpaired) electrons. The van der Waals surface area contributed by atoms with Crippen LogP contribution in [0.3, 0.4) is 0 Å². The second kappa shape index (κ2) is 8.36. The van der Waals surface area contributed by atoms with Crippen molar-refractivity contribution in [2.75, 3.05) is 13.2 Å². The number of carboxylic acid groups (broad SMARTS) is 1. The van der Waals surface area contributed by atoms with Crippen molar-refractivity contribution in [1.82, 2.24) is 4.72 Å². The minimum absolute atomic E-state index is 0.0155. The van der Waals surface area contributed by atoms with E-state index in [4.69, 9.17) is 9.15 Å². The average Bonchev–Trinajstić information content (AvgIpc) is 2.90. The lowest BCUT2D eigenvalue weighted by atomic mass is 10.1. The number of hydrogen-bond donors (Lipinski definition) is 2. The number of nitrogens with one attached hydrogen (secondary N) is 1. The van der Waals surface area contributed by atoms with Gasteiger partial charge in [-0.2, -0.15) is 0 Å². The first-order valence-corrected chi connectivity index (χ1v) is 9.74. The maximum absolute atomic E-state index is 12.5. The Bertz CT molecular complexity index is 960. The van der Waals surface area contributed by atoms with Gasteiger partial charge in [-0.3, -0.25) is 0 Å². The number of ether oxygens (including phenoxy) is 1. The SMILES string of the molecule is CCOC(=O)c1cccc(CCNS(=O)(=O)c2c(C)oc(C)c2C(=O)O)c1. The second-order valence-corrected chi connectivity index (χ2v) is 7.50. The summed E-state index contributed by atoms with van der Waals surface area (Å²) in [5.74, 6) is -1.77. The predicted molar refractivity (Wildman–Crippen MR) is 96.4 cm³/mol. The molecule has 27 heavy (non-hydrogen) atoms. The molecule has 0 fully saturated rings. The van der Waals surface area contributed by atoms with E-state index >= 15 is 0 Å². The Labute approximate surface area is 157 Å². The van der Waals surface area contributed by atoms with Gasteiger partial charge in [-0.25, -0.2) is 22.7 Å². The van der Waals surface area contributed by atoms with Crippen LogP contribution in [0.5, 0.6) is 0 Å². The van der Waals surface area contributed by atoms with Gasteiger partial charge in [0.15, 0.2) is 0 Å². The van der Waals surface area contributed by atoms with Crippen LogP contribution in [0.25, 0.3) is 0 Å². The van der Waals surface area contributed by atoms with E-state index in [1.165, 1.54) is 13.8 Å². The Balaban J connectivity index is 2.13. The Hall–Kier alpha value is -2.65. The molecule has 2 aromatic rings. The van der Waals surface area contributed by atoms with E-state index in [-0.39, 0.29) is 35.1 Å². The Morgan fingerprint density at radius 2 is 1.93 bits per heavy atom. The van der Waals surface area contributed by atoms with Gasteiger partial charge in [-0.1, -0.05) is 12.1 Å². The van der Waals surface area contributed by atoms with E-state index in [9.17, 15) is 23.1 Å². The van der Waals surface area contributed by atoms with Crippen molar-refractivity contribution in [3.05, 3.63) is 52.5 Å². The summed E-state index contributed by atoms with van der Waals surface area (Å²) in [5, 5.41) is 9.26. The van der Waals surface area contributed by atoms with E-state index in [0.29, 0.717) is 12.0 Å². The lowest BCUT2D eigenvalue weighted by molar-refractivity contribution is 0.0525. The zero-order chi connectivity index (χ0) is 20.2. The number of benzene rings is 1. The van der Waals surface area contributed by atoms with Crippen molar-refractivity contribution >= 4 is 22.0 Å². The number of esters is 1. The molecule has 0 unspecified atom stereocenters. The fourth-order valence-corrected chi connectivity index (χ4v) is 4.14. The van der Waals surface area contributed by atoms with Gasteiger partial charge in [0.25, 0.3) is 0 Å². The second-order valence-electron chi connectivity index (χ2n) is 5.79. The molecule has 8 nitrogen and oxygen atoms in total.